The van der Waals surface area contributed by atoms with E-state index in [2.05, 4.69) is 0 Å². The summed E-state index contributed by atoms with van der Waals surface area (Å²) in [5.41, 5.74) is 0. The number of aliphatic carboxylic acids is 1. The van der Waals surface area contributed by atoms with Crippen molar-refractivity contribution >= 4 is 17.3 Å². The van der Waals surface area contributed by atoms with Crippen molar-refractivity contribution in [2.75, 3.05) is 0 Å². The van der Waals surface area contributed by atoms with Gasteiger partial charge in [0, 0.05) is 4.88 Å². The molecule has 1 aromatic rings. The summed E-state index contributed by atoms with van der Waals surface area (Å²) in [7, 11) is 0. The van der Waals surface area contributed by atoms with Gasteiger partial charge in [-0.05, 0) is 17.4 Å². The van der Waals surface area contributed by atoms with Crippen LogP contribution in [0.5, 0.6) is 0 Å². The minimum absolute atomic E-state index is 0.00698. The molecular weight excluding hydrogens is 200 g/mol. The zero-order chi connectivity index (χ0) is 10.6. The highest BCUT2D eigenvalue weighted by Gasteiger charge is 2.21. The van der Waals surface area contributed by atoms with Crippen LogP contribution in [0.25, 0.3) is 0 Å². The molecule has 0 saturated heterocycles. The molecule has 4 heteroatoms. The van der Waals surface area contributed by atoms with Gasteiger partial charge in [-0.2, -0.15) is 0 Å². The molecule has 1 heterocycles. The molecule has 1 aromatic heterocycles. The Bertz CT molecular complexity index is 280. The highest BCUT2D eigenvalue weighted by Crippen LogP contribution is 2.14. The second-order valence-electron chi connectivity index (χ2n) is 3.39. The summed E-state index contributed by atoms with van der Waals surface area (Å²) in [4.78, 5) is 11.8. The maximum atomic E-state index is 10.8. The van der Waals surface area contributed by atoms with Gasteiger partial charge < -0.3 is 9.84 Å². The van der Waals surface area contributed by atoms with Crippen molar-refractivity contribution in [3.05, 3.63) is 22.4 Å². The number of ether oxygens (including phenoxy) is 1. The Morgan fingerprint density at radius 3 is 2.79 bits per heavy atom. The van der Waals surface area contributed by atoms with Crippen LogP contribution in [0.15, 0.2) is 17.5 Å². The summed E-state index contributed by atoms with van der Waals surface area (Å²) in [6.45, 7) is 4.06. The van der Waals surface area contributed by atoms with Crippen LogP contribution in [0.4, 0.5) is 0 Å². The van der Waals surface area contributed by atoms with E-state index in [4.69, 9.17) is 9.84 Å². The minimum Gasteiger partial charge on any atom is -0.479 e. The zero-order valence-corrected chi connectivity index (χ0v) is 9.08. The molecule has 1 unspecified atom stereocenters. The molecule has 0 aliphatic heterocycles. The summed E-state index contributed by atoms with van der Waals surface area (Å²) >= 11 is 1.57. The van der Waals surface area contributed by atoms with Crippen LogP contribution in [-0.4, -0.2) is 17.2 Å². The smallest absolute Gasteiger partial charge is 0.333 e. The zero-order valence-electron chi connectivity index (χ0n) is 8.27. The summed E-state index contributed by atoms with van der Waals surface area (Å²) < 4.78 is 5.32. The van der Waals surface area contributed by atoms with Gasteiger partial charge in [-0.25, -0.2) is 4.79 Å². The fourth-order valence-electron chi connectivity index (χ4n) is 1.12. The third-order valence-electron chi connectivity index (χ3n) is 1.83. The lowest BCUT2D eigenvalue weighted by Crippen LogP contribution is -2.29. The van der Waals surface area contributed by atoms with Crippen LogP contribution in [0.1, 0.15) is 18.7 Å². The Kier molecular flexibility index (Phi) is 4.10. The molecular formula is C10H14O3S. The van der Waals surface area contributed by atoms with Crippen LogP contribution in [0, 0.1) is 5.92 Å². The fourth-order valence-corrected chi connectivity index (χ4v) is 1.74. The van der Waals surface area contributed by atoms with E-state index in [1.54, 1.807) is 11.3 Å². The van der Waals surface area contributed by atoms with Crippen molar-refractivity contribution in [1.29, 1.82) is 0 Å². The Labute approximate surface area is 87.3 Å². The minimum atomic E-state index is -0.892. The summed E-state index contributed by atoms with van der Waals surface area (Å²) in [6, 6.07) is 3.86. The lowest BCUT2D eigenvalue weighted by atomic mass is 10.1. The molecule has 0 spiro atoms. The number of carbonyl (C=O) groups is 1. The predicted molar refractivity (Wildman–Crippen MR) is 55.4 cm³/mol. The summed E-state index contributed by atoms with van der Waals surface area (Å²) in [5, 5.41) is 10.8. The van der Waals surface area contributed by atoms with Crippen LogP contribution in [0.3, 0.4) is 0 Å². The third-order valence-corrected chi connectivity index (χ3v) is 2.68. The first-order valence-electron chi connectivity index (χ1n) is 4.48. The van der Waals surface area contributed by atoms with E-state index in [1.165, 1.54) is 0 Å². The average molecular weight is 214 g/mol. The Balaban J connectivity index is 2.45. The molecule has 14 heavy (non-hydrogen) atoms. The second-order valence-corrected chi connectivity index (χ2v) is 4.43. The van der Waals surface area contributed by atoms with E-state index in [0.717, 1.165) is 4.88 Å². The van der Waals surface area contributed by atoms with Gasteiger partial charge >= 0.3 is 5.97 Å². The molecule has 1 N–H and O–H groups in total. The van der Waals surface area contributed by atoms with Gasteiger partial charge in [0.2, 0.25) is 0 Å². The molecule has 78 valence electrons. The van der Waals surface area contributed by atoms with E-state index in [1.807, 2.05) is 31.4 Å². The van der Waals surface area contributed by atoms with E-state index < -0.39 is 12.1 Å². The predicted octanol–water partition coefficient (Wildman–Crippen LogP) is 2.37. The normalized spacial score (nSPS) is 13.1. The van der Waals surface area contributed by atoms with E-state index in [9.17, 15) is 4.79 Å². The number of hydrogen-bond acceptors (Lipinski definition) is 3. The largest absolute Gasteiger partial charge is 0.479 e. The third kappa shape index (κ3) is 3.12. The number of rotatable bonds is 5. The highest BCUT2D eigenvalue weighted by molar-refractivity contribution is 7.09. The van der Waals surface area contributed by atoms with Gasteiger partial charge in [0.25, 0.3) is 0 Å². The molecule has 1 atom stereocenters. The van der Waals surface area contributed by atoms with Gasteiger partial charge in [-0.15, -0.1) is 11.3 Å². The lowest BCUT2D eigenvalue weighted by Gasteiger charge is -2.16. The van der Waals surface area contributed by atoms with E-state index >= 15 is 0 Å². The summed E-state index contributed by atoms with van der Waals surface area (Å²) in [6.07, 6.45) is -0.711. The van der Waals surface area contributed by atoms with Gasteiger partial charge in [-0.1, -0.05) is 19.9 Å². The molecule has 1 rings (SSSR count). The van der Waals surface area contributed by atoms with Crippen molar-refractivity contribution < 1.29 is 14.6 Å². The second kappa shape index (κ2) is 5.12. The van der Waals surface area contributed by atoms with Crippen molar-refractivity contribution in [3.63, 3.8) is 0 Å². The SMILES string of the molecule is CC(C)C(OCc1cccs1)C(=O)O. The monoisotopic (exact) mass is 214 g/mol. The topological polar surface area (TPSA) is 46.5 Å². The van der Waals surface area contributed by atoms with Crippen LogP contribution < -0.4 is 0 Å². The van der Waals surface area contributed by atoms with Gasteiger partial charge in [0.15, 0.2) is 6.10 Å². The Morgan fingerprint density at radius 2 is 2.36 bits per heavy atom. The van der Waals surface area contributed by atoms with Crippen molar-refractivity contribution in [1.82, 2.24) is 0 Å². The first-order chi connectivity index (χ1) is 6.61. The maximum Gasteiger partial charge on any atom is 0.333 e. The number of carboxylic acid groups (broad SMARTS) is 1. The number of carboxylic acids is 1. The maximum absolute atomic E-state index is 10.8. The molecule has 0 aromatic carbocycles. The van der Waals surface area contributed by atoms with Gasteiger partial charge in [-0.3, -0.25) is 0 Å². The standard InChI is InChI=1S/C10H14O3S/c1-7(2)9(10(11)12)13-6-8-4-3-5-14-8/h3-5,7,9H,6H2,1-2H3,(H,11,12). The molecule has 0 aliphatic rings. The first kappa shape index (κ1) is 11.2. The quantitative estimate of drug-likeness (QED) is 0.818. The fraction of sp³-hybridized carbons (Fsp3) is 0.500. The first-order valence-corrected chi connectivity index (χ1v) is 5.36. The molecule has 0 aliphatic carbocycles. The average Bonchev–Trinajstić information content (AvgIpc) is 2.55. The molecule has 0 fully saturated rings. The summed E-state index contributed by atoms with van der Waals surface area (Å²) in [5.74, 6) is -0.899. The van der Waals surface area contributed by atoms with Gasteiger partial charge in [0.05, 0.1) is 6.61 Å². The van der Waals surface area contributed by atoms with Crippen LogP contribution >= 0.6 is 11.3 Å². The Hall–Kier alpha value is -0.870. The van der Waals surface area contributed by atoms with Gasteiger partial charge in [0.1, 0.15) is 0 Å². The molecule has 0 radical (unpaired) electrons. The van der Waals surface area contributed by atoms with E-state index in [0.29, 0.717) is 6.61 Å². The van der Waals surface area contributed by atoms with Crippen molar-refractivity contribution in [3.8, 4) is 0 Å². The molecule has 0 bridgehead atoms. The van der Waals surface area contributed by atoms with Crippen LogP contribution in [-0.2, 0) is 16.1 Å². The van der Waals surface area contributed by atoms with Crippen molar-refractivity contribution in [2.24, 2.45) is 5.92 Å². The Morgan fingerprint density at radius 1 is 1.64 bits per heavy atom. The number of hydrogen-bond donors (Lipinski definition) is 1. The molecule has 3 nitrogen and oxygen atoms in total. The molecule has 0 saturated carbocycles. The molecule has 0 amide bonds. The highest BCUT2D eigenvalue weighted by atomic mass is 32.1. The lowest BCUT2D eigenvalue weighted by molar-refractivity contribution is -0.154. The van der Waals surface area contributed by atoms with Crippen LogP contribution in [0.2, 0.25) is 0 Å². The van der Waals surface area contributed by atoms with Crippen molar-refractivity contribution in [2.45, 2.75) is 26.6 Å². The number of thiophene rings is 1. The van der Waals surface area contributed by atoms with E-state index in [-0.39, 0.29) is 5.92 Å².